The smallest absolute Gasteiger partial charge is 0.208 e. The van der Waals surface area contributed by atoms with E-state index in [0.29, 0.717) is 13.1 Å². The van der Waals surface area contributed by atoms with Gasteiger partial charge < -0.3 is 10.1 Å². The second-order valence-electron chi connectivity index (χ2n) is 4.69. The molecule has 0 saturated heterocycles. The maximum absolute atomic E-state index is 10.8. The summed E-state index contributed by atoms with van der Waals surface area (Å²) in [5.41, 5.74) is -0.156. The SMILES string of the molecule is COC(C)(C)CC(C)NCCNS(C)(=O)=O. The van der Waals surface area contributed by atoms with Gasteiger partial charge >= 0.3 is 0 Å². The molecule has 0 amide bonds. The van der Waals surface area contributed by atoms with Crippen molar-refractivity contribution >= 4 is 10.0 Å². The van der Waals surface area contributed by atoms with Crippen LogP contribution in [0, 0.1) is 0 Å². The molecule has 0 aliphatic heterocycles. The highest BCUT2D eigenvalue weighted by Gasteiger charge is 2.19. The number of rotatable bonds is 8. The molecule has 0 heterocycles. The summed E-state index contributed by atoms with van der Waals surface area (Å²) in [6, 6.07) is 0.288. The lowest BCUT2D eigenvalue weighted by molar-refractivity contribution is 0.00867. The second-order valence-corrected chi connectivity index (χ2v) is 6.52. The Hall–Kier alpha value is -0.170. The van der Waals surface area contributed by atoms with E-state index in [9.17, 15) is 8.42 Å². The molecule has 16 heavy (non-hydrogen) atoms. The Morgan fingerprint density at radius 2 is 1.88 bits per heavy atom. The average Bonchev–Trinajstić information content (AvgIpc) is 2.10. The van der Waals surface area contributed by atoms with Crippen molar-refractivity contribution in [3.63, 3.8) is 0 Å². The first-order chi connectivity index (χ1) is 7.16. The first-order valence-corrected chi connectivity index (χ1v) is 7.28. The highest BCUT2D eigenvalue weighted by atomic mass is 32.2. The zero-order valence-electron chi connectivity index (χ0n) is 10.8. The number of ether oxygens (including phenoxy) is 1. The Labute approximate surface area is 99.0 Å². The summed E-state index contributed by atoms with van der Waals surface area (Å²) in [6.45, 7) is 7.14. The minimum absolute atomic E-state index is 0.156. The molecule has 0 aromatic rings. The second kappa shape index (κ2) is 6.54. The number of nitrogens with one attached hydrogen (secondary N) is 2. The van der Waals surface area contributed by atoms with Crippen molar-refractivity contribution in [3.8, 4) is 0 Å². The van der Waals surface area contributed by atoms with Crippen LogP contribution in [0.3, 0.4) is 0 Å². The lowest BCUT2D eigenvalue weighted by Gasteiger charge is -2.27. The van der Waals surface area contributed by atoms with Gasteiger partial charge in [-0.3, -0.25) is 0 Å². The van der Waals surface area contributed by atoms with Crippen molar-refractivity contribution in [3.05, 3.63) is 0 Å². The van der Waals surface area contributed by atoms with E-state index in [1.165, 1.54) is 0 Å². The monoisotopic (exact) mass is 252 g/mol. The average molecular weight is 252 g/mol. The number of hydrogen-bond acceptors (Lipinski definition) is 4. The predicted molar refractivity (Wildman–Crippen MR) is 66.0 cm³/mol. The first kappa shape index (κ1) is 15.8. The molecular formula is C10H24N2O3S. The Morgan fingerprint density at radius 3 is 2.31 bits per heavy atom. The van der Waals surface area contributed by atoms with Crippen LogP contribution in [0.4, 0.5) is 0 Å². The minimum atomic E-state index is -3.08. The van der Waals surface area contributed by atoms with Crippen molar-refractivity contribution in [1.29, 1.82) is 0 Å². The summed E-state index contributed by atoms with van der Waals surface area (Å²) in [5.74, 6) is 0. The van der Waals surface area contributed by atoms with Crippen LogP contribution < -0.4 is 10.0 Å². The molecule has 1 unspecified atom stereocenters. The molecule has 2 N–H and O–H groups in total. The van der Waals surface area contributed by atoms with Gasteiger partial charge in [0.15, 0.2) is 0 Å². The summed E-state index contributed by atoms with van der Waals surface area (Å²) in [4.78, 5) is 0. The highest BCUT2D eigenvalue weighted by Crippen LogP contribution is 2.14. The Morgan fingerprint density at radius 1 is 1.31 bits per heavy atom. The topological polar surface area (TPSA) is 67.4 Å². The van der Waals surface area contributed by atoms with Gasteiger partial charge in [-0.1, -0.05) is 0 Å². The summed E-state index contributed by atoms with van der Waals surface area (Å²) in [6.07, 6.45) is 2.03. The molecule has 98 valence electrons. The van der Waals surface area contributed by atoms with Crippen molar-refractivity contribution in [2.24, 2.45) is 0 Å². The van der Waals surface area contributed by atoms with Gasteiger partial charge in [-0.05, 0) is 27.2 Å². The molecule has 0 rings (SSSR count). The number of methoxy groups -OCH3 is 1. The zero-order chi connectivity index (χ0) is 12.8. The molecule has 0 aromatic heterocycles. The molecule has 0 spiro atoms. The Bertz CT molecular complexity index is 288. The first-order valence-electron chi connectivity index (χ1n) is 5.39. The van der Waals surface area contributed by atoms with Crippen molar-refractivity contribution in [2.75, 3.05) is 26.5 Å². The third kappa shape index (κ3) is 9.08. The normalized spacial score (nSPS) is 15.1. The van der Waals surface area contributed by atoms with Gasteiger partial charge in [0.1, 0.15) is 0 Å². The van der Waals surface area contributed by atoms with Crippen LogP contribution in [0.15, 0.2) is 0 Å². The lowest BCUT2D eigenvalue weighted by Crippen LogP contribution is -2.39. The molecule has 1 atom stereocenters. The fraction of sp³-hybridized carbons (Fsp3) is 1.00. The van der Waals surface area contributed by atoms with Crippen LogP contribution in [0.25, 0.3) is 0 Å². The predicted octanol–water partition coefficient (Wildman–Crippen LogP) is 0.329. The van der Waals surface area contributed by atoms with Crippen LogP contribution in [0.2, 0.25) is 0 Å². The largest absolute Gasteiger partial charge is 0.379 e. The van der Waals surface area contributed by atoms with E-state index >= 15 is 0 Å². The van der Waals surface area contributed by atoms with Crippen LogP contribution in [0.1, 0.15) is 27.2 Å². The molecule has 0 bridgehead atoms. The van der Waals surface area contributed by atoms with Crippen molar-refractivity contribution in [2.45, 2.75) is 38.8 Å². The van der Waals surface area contributed by atoms with Crippen LogP contribution in [-0.4, -0.2) is 46.5 Å². The van der Waals surface area contributed by atoms with Crippen molar-refractivity contribution < 1.29 is 13.2 Å². The fourth-order valence-corrected chi connectivity index (χ4v) is 1.92. The lowest BCUT2D eigenvalue weighted by atomic mass is 10.00. The molecule has 0 saturated carbocycles. The van der Waals surface area contributed by atoms with Gasteiger partial charge in [-0.2, -0.15) is 0 Å². The van der Waals surface area contributed by atoms with Gasteiger partial charge in [-0.15, -0.1) is 0 Å². The minimum Gasteiger partial charge on any atom is -0.379 e. The van der Waals surface area contributed by atoms with Gasteiger partial charge in [0.2, 0.25) is 10.0 Å². The van der Waals surface area contributed by atoms with E-state index in [1.54, 1.807) is 7.11 Å². The van der Waals surface area contributed by atoms with Gasteiger partial charge in [0.25, 0.3) is 0 Å². The number of hydrogen-bond donors (Lipinski definition) is 2. The fourth-order valence-electron chi connectivity index (χ4n) is 1.45. The maximum Gasteiger partial charge on any atom is 0.208 e. The van der Waals surface area contributed by atoms with Gasteiger partial charge in [0.05, 0.1) is 11.9 Å². The summed E-state index contributed by atoms with van der Waals surface area (Å²) in [7, 11) is -1.38. The van der Waals surface area contributed by atoms with Crippen LogP contribution >= 0.6 is 0 Å². The van der Waals surface area contributed by atoms with Crippen molar-refractivity contribution in [1.82, 2.24) is 10.0 Å². The van der Waals surface area contributed by atoms with E-state index in [0.717, 1.165) is 12.7 Å². The van der Waals surface area contributed by atoms with Gasteiger partial charge in [-0.25, -0.2) is 13.1 Å². The quantitative estimate of drug-likeness (QED) is 0.611. The molecule has 6 heteroatoms. The third-order valence-corrected chi connectivity index (χ3v) is 3.06. The van der Waals surface area contributed by atoms with E-state index in [-0.39, 0.29) is 11.6 Å². The molecular weight excluding hydrogens is 228 g/mol. The van der Waals surface area contributed by atoms with E-state index in [1.807, 2.05) is 13.8 Å². The third-order valence-electron chi connectivity index (χ3n) is 2.33. The Kier molecular flexibility index (Phi) is 6.47. The number of sulfonamides is 1. The standard InChI is InChI=1S/C10H24N2O3S/c1-9(8-10(2,3)15-4)11-6-7-12-16(5,13)14/h9,11-12H,6-8H2,1-5H3. The maximum atomic E-state index is 10.8. The molecule has 5 nitrogen and oxygen atoms in total. The van der Waals surface area contributed by atoms with E-state index in [2.05, 4.69) is 17.0 Å². The van der Waals surface area contributed by atoms with Crippen LogP contribution in [-0.2, 0) is 14.8 Å². The molecule has 0 fully saturated rings. The molecule has 0 radical (unpaired) electrons. The van der Waals surface area contributed by atoms with E-state index < -0.39 is 10.0 Å². The summed E-state index contributed by atoms with van der Waals surface area (Å²) in [5, 5.41) is 3.24. The summed E-state index contributed by atoms with van der Waals surface area (Å²) >= 11 is 0. The van der Waals surface area contributed by atoms with E-state index in [4.69, 9.17) is 4.74 Å². The zero-order valence-corrected chi connectivity index (χ0v) is 11.6. The molecule has 0 aromatic carbocycles. The Balaban J connectivity index is 3.71. The van der Waals surface area contributed by atoms with Gasteiger partial charge in [0, 0.05) is 26.2 Å². The molecule has 0 aliphatic carbocycles. The summed E-state index contributed by atoms with van der Waals surface area (Å²) < 4.78 is 29.3. The van der Waals surface area contributed by atoms with Crippen LogP contribution in [0.5, 0.6) is 0 Å². The highest BCUT2D eigenvalue weighted by molar-refractivity contribution is 7.88. The molecule has 0 aliphatic rings.